The summed E-state index contributed by atoms with van der Waals surface area (Å²) < 4.78 is 0. The molecule has 0 saturated heterocycles. The lowest BCUT2D eigenvalue weighted by molar-refractivity contribution is -0.141. The number of carbonyl (C=O) groups is 5. The van der Waals surface area contributed by atoms with Crippen LogP contribution in [0, 0.1) is 0 Å². The Morgan fingerprint density at radius 2 is 1.57 bits per heavy atom. The number of hydrogen-bond acceptors (Lipinski definition) is 8. The first-order valence-electron chi connectivity index (χ1n) is 8.37. The number of aliphatic hydroxyl groups is 1. The van der Waals surface area contributed by atoms with Crippen LogP contribution in [0.2, 0.25) is 0 Å². The van der Waals surface area contributed by atoms with Crippen molar-refractivity contribution in [1.29, 1.82) is 0 Å². The second-order valence-electron chi connectivity index (χ2n) is 6.15. The van der Waals surface area contributed by atoms with Crippen LogP contribution in [0.25, 0.3) is 0 Å². The van der Waals surface area contributed by atoms with Crippen LogP contribution in [-0.2, 0) is 24.0 Å². The summed E-state index contributed by atoms with van der Waals surface area (Å²) >= 11 is 3.81. The predicted octanol–water partition coefficient (Wildman–Crippen LogP) is -3.55. The maximum absolute atomic E-state index is 12.3. The molecule has 160 valence electrons. The van der Waals surface area contributed by atoms with E-state index >= 15 is 0 Å². The van der Waals surface area contributed by atoms with Gasteiger partial charge in [0.2, 0.25) is 23.6 Å². The van der Waals surface area contributed by atoms with E-state index in [1.54, 1.807) is 0 Å². The molecule has 13 heteroatoms. The maximum atomic E-state index is 12.3. The summed E-state index contributed by atoms with van der Waals surface area (Å²) in [6.07, 6.45) is -1.51. The average molecular weight is 421 g/mol. The molecule has 0 saturated carbocycles. The van der Waals surface area contributed by atoms with Gasteiger partial charge in [0.25, 0.3) is 0 Å². The van der Waals surface area contributed by atoms with Crippen LogP contribution in [0.3, 0.4) is 0 Å². The van der Waals surface area contributed by atoms with Gasteiger partial charge >= 0.3 is 5.97 Å². The molecule has 5 unspecified atom stereocenters. The molecule has 0 aromatic carbocycles. The molecule has 12 nitrogen and oxygen atoms in total. The third-order valence-electron chi connectivity index (χ3n) is 3.65. The molecule has 4 amide bonds. The van der Waals surface area contributed by atoms with Gasteiger partial charge in [0.05, 0.1) is 12.1 Å². The lowest BCUT2D eigenvalue weighted by atomic mass is 10.1. The fourth-order valence-electron chi connectivity index (χ4n) is 1.95. The Labute approximate surface area is 167 Å². The molecule has 0 fully saturated rings. The van der Waals surface area contributed by atoms with Crippen molar-refractivity contribution in [2.45, 2.75) is 57.0 Å². The summed E-state index contributed by atoms with van der Waals surface area (Å²) in [6, 6.07) is -4.96. The number of aliphatic carboxylic acids is 1. The molecular weight excluding hydrogens is 394 g/mol. The number of hydrogen-bond donors (Lipinski definition) is 8. The number of thiol groups is 1. The van der Waals surface area contributed by atoms with E-state index in [1.807, 2.05) is 0 Å². The Kier molecular flexibility index (Phi) is 11.1. The Morgan fingerprint density at radius 1 is 1.00 bits per heavy atom. The number of carboxylic acid groups (broad SMARTS) is 1. The quantitative estimate of drug-likeness (QED) is 0.147. The summed E-state index contributed by atoms with van der Waals surface area (Å²) in [5, 5.41) is 25.3. The van der Waals surface area contributed by atoms with Gasteiger partial charge < -0.3 is 37.6 Å². The van der Waals surface area contributed by atoms with E-state index in [0.717, 1.165) is 0 Å². The molecule has 0 aromatic rings. The van der Waals surface area contributed by atoms with Gasteiger partial charge in [-0.2, -0.15) is 12.6 Å². The second kappa shape index (κ2) is 12.2. The van der Waals surface area contributed by atoms with Crippen molar-refractivity contribution in [3.63, 3.8) is 0 Å². The molecule has 0 spiro atoms. The minimum atomic E-state index is -1.43. The van der Waals surface area contributed by atoms with Crippen LogP contribution in [0.4, 0.5) is 0 Å². The number of rotatable bonds is 12. The summed E-state index contributed by atoms with van der Waals surface area (Å²) in [7, 11) is 0. The van der Waals surface area contributed by atoms with Gasteiger partial charge in [-0.05, 0) is 20.3 Å². The monoisotopic (exact) mass is 421 g/mol. The highest BCUT2D eigenvalue weighted by atomic mass is 32.1. The molecule has 0 aromatic heterocycles. The fourth-order valence-corrected chi connectivity index (χ4v) is 2.19. The maximum Gasteiger partial charge on any atom is 0.327 e. The Hall–Kier alpha value is -2.38. The van der Waals surface area contributed by atoms with Gasteiger partial charge in [-0.3, -0.25) is 19.2 Å². The SMILES string of the molecule is CC(NC(=O)C(NC(=O)C(N)CCC(N)=O)C(C)O)C(=O)NC(CS)C(=O)O. The van der Waals surface area contributed by atoms with Crippen LogP contribution in [0.1, 0.15) is 26.7 Å². The van der Waals surface area contributed by atoms with Crippen molar-refractivity contribution >= 4 is 42.2 Å². The predicted molar refractivity (Wildman–Crippen MR) is 101 cm³/mol. The molecule has 5 atom stereocenters. The number of primary amides is 1. The molecule has 0 bridgehead atoms. The number of amides is 4. The zero-order chi connectivity index (χ0) is 22.0. The van der Waals surface area contributed by atoms with Crippen molar-refractivity contribution in [3.8, 4) is 0 Å². The molecule has 0 heterocycles. The van der Waals surface area contributed by atoms with Gasteiger partial charge in [-0.25, -0.2) is 4.79 Å². The van der Waals surface area contributed by atoms with E-state index in [9.17, 15) is 29.1 Å². The molecule has 0 aliphatic rings. The van der Waals surface area contributed by atoms with Gasteiger partial charge in [-0.15, -0.1) is 0 Å². The van der Waals surface area contributed by atoms with Crippen molar-refractivity contribution < 1.29 is 34.2 Å². The average Bonchev–Trinajstić information content (AvgIpc) is 2.60. The fraction of sp³-hybridized carbons (Fsp3) is 0.667. The normalized spacial score (nSPS) is 16.0. The highest BCUT2D eigenvalue weighted by molar-refractivity contribution is 7.80. The van der Waals surface area contributed by atoms with Crippen molar-refractivity contribution in [1.82, 2.24) is 16.0 Å². The Morgan fingerprint density at radius 3 is 2.00 bits per heavy atom. The lowest BCUT2D eigenvalue weighted by Crippen LogP contribution is -2.59. The number of carbonyl (C=O) groups excluding carboxylic acids is 4. The first-order valence-corrected chi connectivity index (χ1v) is 9.00. The van der Waals surface area contributed by atoms with Gasteiger partial charge in [0.15, 0.2) is 0 Å². The summed E-state index contributed by atoms with van der Waals surface area (Å²) in [5.74, 6) is -4.55. The number of carboxylic acids is 1. The van der Waals surface area contributed by atoms with Crippen LogP contribution in [0.15, 0.2) is 0 Å². The van der Waals surface area contributed by atoms with E-state index in [0.29, 0.717) is 0 Å². The summed E-state index contributed by atoms with van der Waals surface area (Å²) in [6.45, 7) is 2.54. The van der Waals surface area contributed by atoms with E-state index < -0.39 is 59.9 Å². The minimum absolute atomic E-state index is 0.0472. The Balaban J connectivity index is 4.89. The summed E-state index contributed by atoms with van der Waals surface area (Å²) in [4.78, 5) is 58.0. The molecular formula is C15H27N5O7S. The molecule has 0 rings (SSSR count). The second-order valence-corrected chi connectivity index (χ2v) is 6.52. The first kappa shape index (κ1) is 25.6. The van der Waals surface area contributed by atoms with Crippen LogP contribution >= 0.6 is 12.6 Å². The lowest BCUT2D eigenvalue weighted by Gasteiger charge is -2.24. The third-order valence-corrected chi connectivity index (χ3v) is 4.02. The van der Waals surface area contributed by atoms with Gasteiger partial charge in [-0.1, -0.05) is 0 Å². The van der Waals surface area contributed by atoms with E-state index in [2.05, 4.69) is 28.6 Å². The van der Waals surface area contributed by atoms with Gasteiger partial charge in [0.1, 0.15) is 18.1 Å². The van der Waals surface area contributed by atoms with E-state index in [1.165, 1.54) is 13.8 Å². The molecule has 0 radical (unpaired) electrons. The van der Waals surface area contributed by atoms with Crippen LogP contribution in [0.5, 0.6) is 0 Å². The number of nitrogens with one attached hydrogen (secondary N) is 3. The highest BCUT2D eigenvalue weighted by Gasteiger charge is 2.30. The van der Waals surface area contributed by atoms with Crippen LogP contribution in [-0.4, -0.2) is 75.8 Å². The van der Waals surface area contributed by atoms with Crippen molar-refractivity contribution in [3.05, 3.63) is 0 Å². The third kappa shape index (κ3) is 9.01. The highest BCUT2D eigenvalue weighted by Crippen LogP contribution is 2.00. The zero-order valence-corrected chi connectivity index (χ0v) is 16.4. The number of nitrogens with two attached hydrogens (primary N) is 2. The topological polar surface area (TPSA) is 214 Å². The largest absolute Gasteiger partial charge is 0.480 e. The smallest absolute Gasteiger partial charge is 0.327 e. The molecule has 9 N–H and O–H groups in total. The van der Waals surface area contributed by atoms with E-state index in [-0.39, 0.29) is 18.6 Å². The molecule has 0 aliphatic carbocycles. The van der Waals surface area contributed by atoms with Crippen molar-refractivity contribution in [2.75, 3.05) is 5.75 Å². The summed E-state index contributed by atoms with van der Waals surface area (Å²) in [5.41, 5.74) is 10.6. The Bertz CT molecular complexity index is 601. The molecule has 0 aliphatic heterocycles. The van der Waals surface area contributed by atoms with Gasteiger partial charge in [0, 0.05) is 12.2 Å². The van der Waals surface area contributed by atoms with E-state index in [4.69, 9.17) is 16.6 Å². The first-order chi connectivity index (χ1) is 12.9. The zero-order valence-electron chi connectivity index (χ0n) is 15.5. The minimum Gasteiger partial charge on any atom is -0.480 e. The molecule has 28 heavy (non-hydrogen) atoms. The number of aliphatic hydroxyl groups excluding tert-OH is 1. The van der Waals surface area contributed by atoms with Crippen molar-refractivity contribution in [2.24, 2.45) is 11.5 Å². The standard InChI is InChI=1S/C15H27N5O7S/c1-6(12(23)19-9(5-28)15(26)27)18-14(25)11(7(2)21)20-13(24)8(16)3-4-10(17)22/h6-9,11,21,28H,3-5,16H2,1-2H3,(H2,17,22)(H,18,25)(H,19,23)(H,20,24)(H,26,27). The van der Waals surface area contributed by atoms with Crippen LogP contribution < -0.4 is 27.4 Å².